The van der Waals surface area contributed by atoms with Crippen LogP contribution in [0.1, 0.15) is 63.5 Å². The molecule has 1 aliphatic carbocycles. The lowest BCUT2D eigenvalue weighted by Crippen LogP contribution is -2.70. The maximum absolute atomic E-state index is 12.7. The minimum absolute atomic E-state index is 0.00496. The van der Waals surface area contributed by atoms with Gasteiger partial charge in [-0.3, -0.25) is 4.79 Å². The summed E-state index contributed by atoms with van der Waals surface area (Å²) in [7, 11) is 0. The van der Waals surface area contributed by atoms with Gasteiger partial charge in [-0.2, -0.15) is 0 Å². The van der Waals surface area contributed by atoms with E-state index < -0.39 is 0 Å². The fourth-order valence-electron chi connectivity index (χ4n) is 4.51. The fourth-order valence-corrected chi connectivity index (χ4v) is 4.51. The Morgan fingerprint density at radius 1 is 1.17 bits per heavy atom. The first-order valence-corrected chi connectivity index (χ1v) is 10.7. The van der Waals surface area contributed by atoms with E-state index in [4.69, 9.17) is 0 Å². The predicted molar refractivity (Wildman–Crippen MR) is 114 cm³/mol. The Morgan fingerprint density at radius 3 is 2.45 bits per heavy atom. The number of rotatable bonds is 6. The highest BCUT2D eigenvalue weighted by molar-refractivity contribution is 5.78. The number of carbonyl (C=O) groups excluding carboxylic acids is 2. The highest BCUT2D eigenvalue weighted by Gasteiger charge is 2.51. The molecule has 0 radical (unpaired) electrons. The van der Waals surface area contributed by atoms with Crippen LogP contribution in [0.25, 0.3) is 5.57 Å². The monoisotopic (exact) mass is 399 g/mol. The standard InChI is InChI=1S/C23H33N3O3/c1-15(2)25-23(29)26-20(13-24-16(3)28)22(21(26)14-27)19-11-9-18(10-12-19)17-7-5-4-6-8-17/h7,9-12,15,20-22,27H,4-6,8,13-14H2,1-3H3,(H,24,28)(H,25,29)/t20-,21+,22-/m0/s1. The number of nitrogens with zero attached hydrogens (tertiary/aromatic N) is 1. The van der Waals surface area contributed by atoms with E-state index in [0.29, 0.717) is 6.54 Å². The summed E-state index contributed by atoms with van der Waals surface area (Å²) in [4.78, 5) is 25.8. The average molecular weight is 400 g/mol. The van der Waals surface area contributed by atoms with Crippen molar-refractivity contribution in [2.75, 3.05) is 13.2 Å². The highest BCUT2D eigenvalue weighted by Crippen LogP contribution is 2.41. The summed E-state index contributed by atoms with van der Waals surface area (Å²) in [5, 5.41) is 15.8. The minimum Gasteiger partial charge on any atom is -0.394 e. The molecule has 3 atom stereocenters. The van der Waals surface area contributed by atoms with Crippen molar-refractivity contribution in [1.29, 1.82) is 0 Å². The number of hydrogen-bond acceptors (Lipinski definition) is 3. The van der Waals surface area contributed by atoms with Gasteiger partial charge in [-0.15, -0.1) is 0 Å². The first-order valence-electron chi connectivity index (χ1n) is 10.7. The number of aliphatic hydroxyl groups excluding tert-OH is 1. The molecule has 3 rings (SSSR count). The Balaban J connectivity index is 1.81. The second-order valence-corrected chi connectivity index (χ2v) is 8.39. The lowest BCUT2D eigenvalue weighted by molar-refractivity contribution is -0.119. The van der Waals surface area contributed by atoms with Crippen molar-refractivity contribution in [2.45, 2.75) is 70.5 Å². The Morgan fingerprint density at radius 2 is 1.90 bits per heavy atom. The van der Waals surface area contributed by atoms with Gasteiger partial charge < -0.3 is 20.6 Å². The van der Waals surface area contributed by atoms with Crippen molar-refractivity contribution in [3.63, 3.8) is 0 Å². The molecule has 0 bridgehead atoms. The average Bonchev–Trinajstić information content (AvgIpc) is 2.68. The number of hydrogen-bond donors (Lipinski definition) is 3. The van der Waals surface area contributed by atoms with Gasteiger partial charge in [0.25, 0.3) is 0 Å². The molecule has 1 aromatic carbocycles. The van der Waals surface area contributed by atoms with Crippen molar-refractivity contribution in [2.24, 2.45) is 0 Å². The van der Waals surface area contributed by atoms with E-state index in [2.05, 4.69) is 41.0 Å². The predicted octanol–water partition coefficient (Wildman–Crippen LogP) is 3.03. The molecule has 0 saturated carbocycles. The van der Waals surface area contributed by atoms with Gasteiger partial charge in [0.2, 0.25) is 5.91 Å². The van der Waals surface area contributed by atoms with Crippen molar-refractivity contribution in [3.8, 4) is 0 Å². The van der Waals surface area contributed by atoms with Gasteiger partial charge >= 0.3 is 6.03 Å². The summed E-state index contributed by atoms with van der Waals surface area (Å²) in [6, 6.07) is 7.83. The molecule has 0 unspecified atom stereocenters. The van der Waals surface area contributed by atoms with Gasteiger partial charge in [0.1, 0.15) is 0 Å². The maximum Gasteiger partial charge on any atom is 0.318 e. The fraction of sp³-hybridized carbons (Fsp3) is 0.565. The molecule has 0 aromatic heterocycles. The van der Waals surface area contributed by atoms with Crippen molar-refractivity contribution >= 4 is 17.5 Å². The van der Waals surface area contributed by atoms with Crippen molar-refractivity contribution in [3.05, 3.63) is 41.5 Å². The SMILES string of the molecule is CC(=O)NC[C@H]1[C@H](c2ccc(C3=CCCCC3)cc2)[C@@H](CO)N1C(=O)NC(C)C. The van der Waals surface area contributed by atoms with Crippen LogP contribution >= 0.6 is 0 Å². The summed E-state index contributed by atoms with van der Waals surface area (Å²) < 4.78 is 0. The molecular weight excluding hydrogens is 366 g/mol. The minimum atomic E-state index is -0.299. The number of nitrogens with one attached hydrogen (secondary N) is 2. The van der Waals surface area contributed by atoms with Crippen molar-refractivity contribution < 1.29 is 14.7 Å². The number of carbonyl (C=O) groups is 2. The second-order valence-electron chi connectivity index (χ2n) is 8.39. The van der Waals surface area contributed by atoms with Crippen LogP contribution in [-0.4, -0.2) is 53.2 Å². The van der Waals surface area contributed by atoms with Gasteiger partial charge in [-0.05, 0) is 56.2 Å². The lowest BCUT2D eigenvalue weighted by atomic mass is 9.75. The molecule has 6 heteroatoms. The Bertz CT molecular complexity index is 757. The van der Waals surface area contributed by atoms with Gasteiger partial charge in [0.05, 0.1) is 18.7 Å². The van der Waals surface area contributed by atoms with E-state index in [0.717, 1.165) is 18.4 Å². The number of urea groups is 1. The van der Waals surface area contributed by atoms with E-state index in [1.165, 1.54) is 30.9 Å². The van der Waals surface area contributed by atoms with Crippen molar-refractivity contribution in [1.82, 2.24) is 15.5 Å². The van der Waals surface area contributed by atoms with Gasteiger partial charge in [-0.25, -0.2) is 4.79 Å². The van der Waals surface area contributed by atoms with Crippen LogP contribution in [0.15, 0.2) is 30.3 Å². The lowest BCUT2D eigenvalue weighted by Gasteiger charge is -2.54. The molecule has 0 spiro atoms. The van der Waals surface area contributed by atoms with Crippen LogP contribution < -0.4 is 10.6 Å². The van der Waals surface area contributed by atoms with Crippen LogP contribution in [-0.2, 0) is 4.79 Å². The number of aliphatic hydroxyl groups is 1. The Kier molecular flexibility index (Phi) is 6.96. The third kappa shape index (κ3) is 4.81. The van der Waals surface area contributed by atoms with Crippen LogP contribution in [0.4, 0.5) is 4.79 Å². The van der Waals surface area contributed by atoms with Crippen LogP contribution in [0.5, 0.6) is 0 Å². The molecule has 1 heterocycles. The largest absolute Gasteiger partial charge is 0.394 e. The van der Waals surface area contributed by atoms with E-state index in [1.807, 2.05) is 13.8 Å². The zero-order valence-electron chi connectivity index (χ0n) is 17.6. The summed E-state index contributed by atoms with van der Waals surface area (Å²) in [6.45, 7) is 5.55. The molecule has 158 valence electrons. The number of allylic oxidation sites excluding steroid dienone is 2. The van der Waals surface area contributed by atoms with E-state index >= 15 is 0 Å². The first kappa shape index (κ1) is 21.4. The van der Waals surface area contributed by atoms with Gasteiger partial charge in [0.15, 0.2) is 0 Å². The number of amides is 3. The Hall–Kier alpha value is -2.34. The van der Waals surface area contributed by atoms with Crippen LogP contribution in [0.2, 0.25) is 0 Å². The zero-order valence-corrected chi connectivity index (χ0v) is 17.6. The molecule has 2 aliphatic rings. The molecule has 6 nitrogen and oxygen atoms in total. The van der Waals surface area contributed by atoms with E-state index in [1.54, 1.807) is 4.90 Å². The maximum atomic E-state index is 12.7. The quantitative estimate of drug-likeness (QED) is 0.688. The van der Waals surface area contributed by atoms with Gasteiger partial charge in [0, 0.05) is 25.4 Å². The summed E-state index contributed by atoms with van der Waals surface area (Å²) in [6.07, 6.45) is 7.10. The highest BCUT2D eigenvalue weighted by atomic mass is 16.3. The number of likely N-dealkylation sites (tertiary alicyclic amines) is 1. The van der Waals surface area contributed by atoms with Crippen LogP contribution in [0, 0.1) is 0 Å². The molecule has 1 aliphatic heterocycles. The smallest absolute Gasteiger partial charge is 0.318 e. The summed E-state index contributed by atoms with van der Waals surface area (Å²) >= 11 is 0. The third-order valence-corrected chi connectivity index (χ3v) is 5.89. The second kappa shape index (κ2) is 9.44. The molecule has 1 saturated heterocycles. The van der Waals surface area contributed by atoms with E-state index in [9.17, 15) is 14.7 Å². The topological polar surface area (TPSA) is 81.7 Å². The zero-order chi connectivity index (χ0) is 21.0. The molecule has 3 N–H and O–H groups in total. The summed E-state index contributed by atoms with van der Waals surface area (Å²) in [5.74, 6) is -0.140. The molecule has 1 fully saturated rings. The molecule has 29 heavy (non-hydrogen) atoms. The normalized spacial score (nSPS) is 24.0. The molecule has 1 aromatic rings. The van der Waals surface area contributed by atoms with Crippen LogP contribution in [0.3, 0.4) is 0 Å². The third-order valence-electron chi connectivity index (χ3n) is 5.89. The Labute approximate surface area is 173 Å². The first-order chi connectivity index (χ1) is 13.9. The van der Waals surface area contributed by atoms with E-state index in [-0.39, 0.29) is 42.6 Å². The molecular formula is C23H33N3O3. The number of benzene rings is 1. The molecule has 3 amide bonds. The van der Waals surface area contributed by atoms with Gasteiger partial charge in [-0.1, -0.05) is 30.3 Å². The summed E-state index contributed by atoms with van der Waals surface area (Å²) in [5.41, 5.74) is 3.75.